The van der Waals surface area contributed by atoms with Crippen LogP contribution in [0.15, 0.2) is 18.2 Å². The van der Waals surface area contributed by atoms with Gasteiger partial charge in [0.2, 0.25) is 0 Å². The Kier molecular flexibility index (Phi) is 2.47. The van der Waals surface area contributed by atoms with Gasteiger partial charge in [-0.05, 0) is 60.6 Å². The topological polar surface area (TPSA) is 20.2 Å². The van der Waals surface area contributed by atoms with Crippen molar-refractivity contribution < 1.29 is 13.9 Å². The fraction of sp³-hybridized carbons (Fsp3) is 0.571. The second-order valence-corrected chi connectivity index (χ2v) is 5.78. The summed E-state index contributed by atoms with van der Waals surface area (Å²) in [5.74, 6) is 0.439. The molecule has 0 heterocycles. The highest BCUT2D eigenvalue weighted by Gasteiger charge is 2.53. The third-order valence-electron chi connectivity index (χ3n) is 4.30. The average molecular weight is 238 g/mol. The minimum Gasteiger partial charge on any atom is -0.396 e. The zero-order valence-corrected chi connectivity index (χ0v) is 9.63. The zero-order chi connectivity index (χ0) is 12.0. The molecule has 0 radical (unpaired) electrons. The molecule has 92 valence electrons. The van der Waals surface area contributed by atoms with E-state index in [1.54, 1.807) is 0 Å². The quantitative estimate of drug-likeness (QED) is 0.858. The Morgan fingerprint density at radius 1 is 1.12 bits per heavy atom. The lowest BCUT2D eigenvalue weighted by molar-refractivity contribution is 0.117. The molecule has 2 saturated carbocycles. The molecule has 17 heavy (non-hydrogen) atoms. The predicted molar refractivity (Wildman–Crippen MR) is 60.4 cm³/mol. The fourth-order valence-electron chi connectivity index (χ4n) is 3.48. The van der Waals surface area contributed by atoms with Crippen LogP contribution in [0.25, 0.3) is 0 Å². The van der Waals surface area contributed by atoms with Crippen molar-refractivity contribution in [1.82, 2.24) is 0 Å². The standard InChI is InChI=1S/C14H16F2O/c15-12-1-9(2-13(16)4-12)5-14(8-17)6-10-3-11(10)7-14/h1-2,4,10-11,17H,3,5-8H2. The predicted octanol–water partition coefficient (Wildman–Crippen LogP) is 2.92. The van der Waals surface area contributed by atoms with Crippen LogP contribution in [0.2, 0.25) is 0 Å². The maximum Gasteiger partial charge on any atom is 0.126 e. The Morgan fingerprint density at radius 3 is 2.24 bits per heavy atom. The maximum absolute atomic E-state index is 13.1. The van der Waals surface area contributed by atoms with Crippen molar-refractivity contribution in [3.63, 3.8) is 0 Å². The van der Waals surface area contributed by atoms with Crippen molar-refractivity contribution in [3.8, 4) is 0 Å². The van der Waals surface area contributed by atoms with Crippen LogP contribution in [0.5, 0.6) is 0 Å². The number of benzene rings is 1. The highest BCUT2D eigenvalue weighted by Crippen LogP contribution is 2.60. The maximum atomic E-state index is 13.1. The first-order valence-electron chi connectivity index (χ1n) is 6.16. The normalized spacial score (nSPS) is 34.8. The fourth-order valence-corrected chi connectivity index (χ4v) is 3.48. The molecule has 0 bridgehead atoms. The Morgan fingerprint density at radius 2 is 1.71 bits per heavy atom. The van der Waals surface area contributed by atoms with Crippen molar-refractivity contribution in [1.29, 1.82) is 0 Å². The van der Waals surface area contributed by atoms with Crippen molar-refractivity contribution >= 4 is 0 Å². The number of rotatable bonds is 3. The lowest BCUT2D eigenvalue weighted by atomic mass is 9.78. The van der Waals surface area contributed by atoms with Gasteiger partial charge in [-0.3, -0.25) is 0 Å². The Hall–Kier alpha value is -0.960. The Bertz CT molecular complexity index is 414. The molecule has 1 aromatic rings. The SMILES string of the molecule is OCC1(Cc2cc(F)cc(F)c2)CC2CC2C1. The van der Waals surface area contributed by atoms with Gasteiger partial charge >= 0.3 is 0 Å². The molecule has 0 amide bonds. The van der Waals surface area contributed by atoms with Crippen LogP contribution in [0.4, 0.5) is 8.78 Å². The first-order valence-corrected chi connectivity index (χ1v) is 6.16. The van der Waals surface area contributed by atoms with Crippen LogP contribution in [-0.4, -0.2) is 11.7 Å². The third-order valence-corrected chi connectivity index (χ3v) is 4.30. The molecular weight excluding hydrogens is 222 g/mol. The molecule has 1 nitrogen and oxygen atoms in total. The van der Waals surface area contributed by atoms with Crippen LogP contribution in [0.3, 0.4) is 0 Å². The van der Waals surface area contributed by atoms with E-state index >= 15 is 0 Å². The summed E-state index contributed by atoms with van der Waals surface area (Å²) in [6.45, 7) is 0.123. The molecule has 1 N–H and O–H groups in total. The van der Waals surface area contributed by atoms with Crippen molar-refractivity contribution in [2.45, 2.75) is 25.7 Å². The van der Waals surface area contributed by atoms with Crippen LogP contribution in [-0.2, 0) is 6.42 Å². The van der Waals surface area contributed by atoms with Gasteiger partial charge in [0, 0.05) is 12.7 Å². The van der Waals surface area contributed by atoms with Gasteiger partial charge in [-0.15, -0.1) is 0 Å². The van der Waals surface area contributed by atoms with Crippen LogP contribution < -0.4 is 0 Å². The van der Waals surface area contributed by atoms with Gasteiger partial charge in [-0.25, -0.2) is 8.78 Å². The number of fused-ring (bicyclic) bond motifs is 1. The average Bonchev–Trinajstić information content (AvgIpc) is 2.85. The van der Waals surface area contributed by atoms with Gasteiger partial charge < -0.3 is 5.11 Å². The molecule has 2 fully saturated rings. The zero-order valence-electron chi connectivity index (χ0n) is 9.63. The smallest absolute Gasteiger partial charge is 0.126 e. The van der Waals surface area contributed by atoms with E-state index in [1.165, 1.54) is 18.6 Å². The monoisotopic (exact) mass is 238 g/mol. The number of aliphatic hydroxyl groups is 1. The lowest BCUT2D eigenvalue weighted by Crippen LogP contribution is -2.26. The van der Waals surface area contributed by atoms with Crippen LogP contribution >= 0.6 is 0 Å². The molecule has 2 aliphatic rings. The largest absolute Gasteiger partial charge is 0.396 e. The van der Waals surface area contributed by atoms with Gasteiger partial charge in [-0.1, -0.05) is 0 Å². The summed E-state index contributed by atoms with van der Waals surface area (Å²) in [5, 5.41) is 9.57. The third kappa shape index (κ3) is 2.08. The molecule has 2 aliphatic carbocycles. The summed E-state index contributed by atoms with van der Waals surface area (Å²) < 4.78 is 26.2. The molecule has 0 aromatic heterocycles. The second kappa shape index (κ2) is 3.77. The number of halogens is 2. The number of hydrogen-bond donors (Lipinski definition) is 1. The molecule has 0 spiro atoms. The molecule has 0 aliphatic heterocycles. The minimum absolute atomic E-state index is 0.123. The van der Waals surface area contributed by atoms with E-state index in [0.717, 1.165) is 30.7 Å². The van der Waals surface area contributed by atoms with Gasteiger partial charge in [0.1, 0.15) is 11.6 Å². The van der Waals surface area contributed by atoms with Gasteiger partial charge in [0.25, 0.3) is 0 Å². The van der Waals surface area contributed by atoms with Crippen molar-refractivity contribution in [2.75, 3.05) is 6.61 Å². The van der Waals surface area contributed by atoms with Gasteiger partial charge in [0.05, 0.1) is 0 Å². The summed E-state index contributed by atoms with van der Waals surface area (Å²) >= 11 is 0. The summed E-state index contributed by atoms with van der Waals surface area (Å²) in [6, 6.07) is 3.65. The molecule has 1 aromatic carbocycles. The van der Waals surface area contributed by atoms with E-state index in [-0.39, 0.29) is 12.0 Å². The highest BCUT2D eigenvalue weighted by molar-refractivity contribution is 5.21. The van der Waals surface area contributed by atoms with Crippen LogP contribution in [0.1, 0.15) is 24.8 Å². The summed E-state index contributed by atoms with van der Waals surface area (Å²) in [4.78, 5) is 0. The number of aliphatic hydroxyl groups excluding tert-OH is 1. The summed E-state index contributed by atoms with van der Waals surface area (Å²) in [5.41, 5.74) is 0.534. The van der Waals surface area contributed by atoms with E-state index in [0.29, 0.717) is 12.0 Å². The van der Waals surface area contributed by atoms with E-state index in [9.17, 15) is 13.9 Å². The molecular formula is C14H16F2O. The van der Waals surface area contributed by atoms with Crippen molar-refractivity contribution in [2.24, 2.45) is 17.3 Å². The highest BCUT2D eigenvalue weighted by atomic mass is 19.1. The summed E-state index contributed by atoms with van der Waals surface area (Å²) in [6.07, 6.45) is 3.88. The molecule has 2 unspecified atom stereocenters. The van der Waals surface area contributed by atoms with E-state index in [1.807, 2.05) is 0 Å². The lowest BCUT2D eigenvalue weighted by Gasteiger charge is -2.28. The molecule has 3 rings (SSSR count). The van der Waals surface area contributed by atoms with Gasteiger partial charge in [0.15, 0.2) is 0 Å². The molecule has 2 atom stereocenters. The summed E-state index contributed by atoms with van der Waals surface area (Å²) in [7, 11) is 0. The first-order chi connectivity index (χ1) is 8.10. The van der Waals surface area contributed by atoms with E-state index < -0.39 is 11.6 Å². The van der Waals surface area contributed by atoms with Crippen molar-refractivity contribution in [3.05, 3.63) is 35.4 Å². The second-order valence-electron chi connectivity index (χ2n) is 5.78. The minimum atomic E-state index is -0.531. The molecule has 3 heteroatoms. The first kappa shape index (κ1) is 11.1. The van der Waals surface area contributed by atoms with E-state index in [2.05, 4.69) is 0 Å². The Labute approximate surface area is 99.5 Å². The number of hydrogen-bond acceptors (Lipinski definition) is 1. The van der Waals surface area contributed by atoms with E-state index in [4.69, 9.17) is 0 Å². The van der Waals surface area contributed by atoms with Crippen LogP contribution in [0, 0.1) is 28.9 Å². The Balaban J connectivity index is 1.80. The van der Waals surface area contributed by atoms with Gasteiger partial charge in [-0.2, -0.15) is 0 Å². The molecule has 0 saturated heterocycles.